The standard InChI is InChI=1S/C20H23N3O2/c1-14-9-18(22-15(2)21-14)20-12-23(7-8-24-20)11-16-10-17-5-3-4-6-19(17)25-13-16/h3-6,9-10,20H,7-8,11-13H2,1-2H3/t20-/m1/s1. The van der Waals surface area contributed by atoms with Gasteiger partial charge in [0.05, 0.1) is 12.3 Å². The van der Waals surface area contributed by atoms with E-state index in [4.69, 9.17) is 9.47 Å². The monoisotopic (exact) mass is 337 g/mol. The largest absolute Gasteiger partial charge is 0.489 e. The molecule has 1 atom stereocenters. The maximum Gasteiger partial charge on any atom is 0.127 e. The summed E-state index contributed by atoms with van der Waals surface area (Å²) in [6, 6.07) is 10.2. The highest BCUT2D eigenvalue weighted by atomic mass is 16.5. The van der Waals surface area contributed by atoms with Crippen molar-refractivity contribution in [3.05, 3.63) is 58.7 Å². The number of nitrogens with zero attached hydrogens (tertiary/aromatic N) is 3. The van der Waals surface area contributed by atoms with Crippen LogP contribution in [-0.4, -0.2) is 47.7 Å². The van der Waals surface area contributed by atoms with Crippen molar-refractivity contribution in [2.75, 3.05) is 32.8 Å². The van der Waals surface area contributed by atoms with Gasteiger partial charge in [0, 0.05) is 30.9 Å². The van der Waals surface area contributed by atoms with Crippen molar-refractivity contribution in [3.8, 4) is 5.75 Å². The number of ether oxygens (including phenoxy) is 2. The summed E-state index contributed by atoms with van der Waals surface area (Å²) in [6.45, 7) is 7.98. The van der Waals surface area contributed by atoms with Crippen LogP contribution < -0.4 is 4.74 Å². The summed E-state index contributed by atoms with van der Waals surface area (Å²) >= 11 is 0. The van der Waals surface area contributed by atoms with Gasteiger partial charge in [0.1, 0.15) is 24.3 Å². The smallest absolute Gasteiger partial charge is 0.127 e. The second-order valence-corrected chi connectivity index (χ2v) is 6.71. The van der Waals surface area contributed by atoms with Crippen LogP contribution in [0, 0.1) is 13.8 Å². The van der Waals surface area contributed by atoms with Crippen LogP contribution in [0.4, 0.5) is 0 Å². The average molecular weight is 337 g/mol. The Morgan fingerprint density at radius 3 is 2.96 bits per heavy atom. The number of benzene rings is 1. The van der Waals surface area contributed by atoms with Crippen LogP contribution in [0.3, 0.4) is 0 Å². The molecule has 1 fully saturated rings. The highest BCUT2D eigenvalue weighted by Gasteiger charge is 2.25. The molecule has 0 radical (unpaired) electrons. The van der Waals surface area contributed by atoms with E-state index in [1.54, 1.807) is 0 Å². The van der Waals surface area contributed by atoms with Crippen molar-refractivity contribution < 1.29 is 9.47 Å². The number of aryl methyl sites for hydroxylation is 2. The van der Waals surface area contributed by atoms with Crippen molar-refractivity contribution in [3.63, 3.8) is 0 Å². The maximum atomic E-state index is 5.97. The summed E-state index contributed by atoms with van der Waals surface area (Å²) in [4.78, 5) is 11.3. The topological polar surface area (TPSA) is 47.5 Å². The van der Waals surface area contributed by atoms with Crippen molar-refractivity contribution in [2.24, 2.45) is 0 Å². The molecule has 0 amide bonds. The van der Waals surface area contributed by atoms with Gasteiger partial charge in [-0.05, 0) is 37.6 Å². The lowest BCUT2D eigenvalue weighted by Crippen LogP contribution is -2.40. The zero-order chi connectivity index (χ0) is 17.2. The normalized spacial score (nSPS) is 20.6. The third-order valence-corrected chi connectivity index (χ3v) is 4.58. The van der Waals surface area contributed by atoms with E-state index in [2.05, 4.69) is 27.0 Å². The van der Waals surface area contributed by atoms with E-state index < -0.39 is 0 Å². The fourth-order valence-electron chi connectivity index (χ4n) is 3.48. The van der Waals surface area contributed by atoms with E-state index in [1.165, 1.54) is 5.57 Å². The van der Waals surface area contributed by atoms with Gasteiger partial charge in [0.2, 0.25) is 0 Å². The lowest BCUT2D eigenvalue weighted by atomic mass is 10.1. The Bertz CT molecular complexity index is 783. The average Bonchev–Trinajstić information content (AvgIpc) is 2.61. The van der Waals surface area contributed by atoms with Gasteiger partial charge >= 0.3 is 0 Å². The third-order valence-electron chi connectivity index (χ3n) is 4.58. The zero-order valence-corrected chi connectivity index (χ0v) is 14.7. The molecule has 25 heavy (non-hydrogen) atoms. The number of rotatable bonds is 3. The quantitative estimate of drug-likeness (QED) is 0.862. The molecule has 0 saturated carbocycles. The van der Waals surface area contributed by atoms with Crippen LogP contribution in [-0.2, 0) is 4.74 Å². The first-order chi connectivity index (χ1) is 12.2. The molecule has 2 aromatic rings. The summed E-state index contributed by atoms with van der Waals surface area (Å²) < 4.78 is 11.8. The molecule has 1 saturated heterocycles. The summed E-state index contributed by atoms with van der Waals surface area (Å²) in [5, 5.41) is 0. The van der Waals surface area contributed by atoms with Crippen LogP contribution >= 0.6 is 0 Å². The van der Waals surface area contributed by atoms with Crippen molar-refractivity contribution in [2.45, 2.75) is 20.0 Å². The Kier molecular flexibility index (Phi) is 4.51. The molecule has 1 aromatic heterocycles. The lowest BCUT2D eigenvalue weighted by molar-refractivity contribution is -0.0295. The highest BCUT2D eigenvalue weighted by Crippen LogP contribution is 2.27. The second-order valence-electron chi connectivity index (χ2n) is 6.71. The molecule has 0 aliphatic carbocycles. The van der Waals surface area contributed by atoms with Crippen LogP contribution in [0.25, 0.3) is 6.08 Å². The summed E-state index contributed by atoms with van der Waals surface area (Å²) in [7, 11) is 0. The lowest BCUT2D eigenvalue weighted by Gasteiger charge is -2.33. The van der Waals surface area contributed by atoms with Gasteiger partial charge in [-0.1, -0.05) is 18.2 Å². The van der Waals surface area contributed by atoms with E-state index in [1.807, 2.05) is 38.1 Å². The van der Waals surface area contributed by atoms with Crippen LogP contribution in [0.5, 0.6) is 5.75 Å². The van der Waals surface area contributed by atoms with Gasteiger partial charge in [-0.2, -0.15) is 0 Å². The number of fused-ring (bicyclic) bond motifs is 1. The second kappa shape index (κ2) is 6.94. The minimum absolute atomic E-state index is 0.00606. The van der Waals surface area contributed by atoms with Crippen LogP contribution in [0.2, 0.25) is 0 Å². The van der Waals surface area contributed by atoms with Gasteiger partial charge in [-0.15, -0.1) is 0 Å². The molecule has 3 heterocycles. The highest BCUT2D eigenvalue weighted by molar-refractivity contribution is 5.62. The fraction of sp³-hybridized carbons (Fsp3) is 0.400. The van der Waals surface area contributed by atoms with Gasteiger partial charge in [-0.3, -0.25) is 4.90 Å². The first-order valence-corrected chi connectivity index (χ1v) is 8.75. The number of para-hydroxylation sites is 1. The zero-order valence-electron chi connectivity index (χ0n) is 14.7. The maximum absolute atomic E-state index is 5.97. The van der Waals surface area contributed by atoms with Crippen molar-refractivity contribution in [1.29, 1.82) is 0 Å². The fourth-order valence-corrected chi connectivity index (χ4v) is 3.48. The van der Waals surface area contributed by atoms with Crippen molar-refractivity contribution in [1.82, 2.24) is 14.9 Å². The predicted octanol–water partition coefficient (Wildman–Crippen LogP) is 2.94. The molecular formula is C20H23N3O2. The molecule has 1 aromatic carbocycles. The van der Waals surface area contributed by atoms with Gasteiger partial charge in [0.25, 0.3) is 0 Å². The van der Waals surface area contributed by atoms with Crippen molar-refractivity contribution >= 4 is 6.08 Å². The number of aromatic nitrogens is 2. The van der Waals surface area contributed by atoms with E-state index in [-0.39, 0.29) is 6.10 Å². The molecule has 2 aliphatic heterocycles. The summed E-state index contributed by atoms with van der Waals surface area (Å²) in [5.74, 6) is 1.77. The number of hydrogen-bond acceptors (Lipinski definition) is 5. The Morgan fingerprint density at radius 1 is 1.20 bits per heavy atom. The van der Waals surface area contributed by atoms with E-state index in [9.17, 15) is 0 Å². The Labute approximate surface area is 148 Å². The van der Waals surface area contributed by atoms with Crippen LogP contribution in [0.15, 0.2) is 35.9 Å². The molecule has 0 bridgehead atoms. The van der Waals surface area contributed by atoms with E-state index in [0.29, 0.717) is 6.61 Å². The molecule has 0 spiro atoms. The first-order valence-electron chi connectivity index (χ1n) is 8.75. The SMILES string of the molecule is Cc1cc([C@H]2CN(CC3=Cc4ccccc4OC3)CCO2)nc(C)n1. The summed E-state index contributed by atoms with van der Waals surface area (Å²) in [6.07, 6.45) is 2.26. The van der Waals surface area contributed by atoms with E-state index in [0.717, 1.165) is 54.8 Å². The number of morpholine rings is 1. The number of hydrogen-bond donors (Lipinski definition) is 0. The molecule has 130 valence electrons. The molecule has 5 heteroatoms. The molecular weight excluding hydrogens is 314 g/mol. The molecule has 0 unspecified atom stereocenters. The Hall–Kier alpha value is -2.24. The molecule has 4 rings (SSSR count). The van der Waals surface area contributed by atoms with Gasteiger partial charge in [-0.25, -0.2) is 9.97 Å². The van der Waals surface area contributed by atoms with Gasteiger partial charge < -0.3 is 9.47 Å². The first kappa shape index (κ1) is 16.2. The molecule has 2 aliphatic rings. The Morgan fingerprint density at radius 2 is 2.08 bits per heavy atom. The minimum Gasteiger partial charge on any atom is -0.489 e. The predicted molar refractivity (Wildman–Crippen MR) is 96.6 cm³/mol. The third kappa shape index (κ3) is 3.72. The van der Waals surface area contributed by atoms with E-state index >= 15 is 0 Å². The summed E-state index contributed by atoms with van der Waals surface area (Å²) in [5.41, 5.74) is 4.43. The molecule has 5 nitrogen and oxygen atoms in total. The molecule has 0 N–H and O–H groups in total. The Balaban J connectivity index is 1.46. The minimum atomic E-state index is 0.00606. The van der Waals surface area contributed by atoms with Crippen LogP contribution in [0.1, 0.15) is 28.9 Å². The van der Waals surface area contributed by atoms with Gasteiger partial charge in [0.15, 0.2) is 0 Å².